The van der Waals surface area contributed by atoms with Crippen LogP contribution < -0.4 is 4.72 Å². The van der Waals surface area contributed by atoms with E-state index in [1.54, 1.807) is 23.7 Å². The van der Waals surface area contributed by atoms with E-state index in [1.165, 1.54) is 23.6 Å². The number of carbonyl (C=O) groups is 1. The quantitative estimate of drug-likeness (QED) is 0.609. The standard InChI is InChI=1S/C22H20ClN3O3S/c1-4-16(17-10-6-5-9-15(17)2)21-24-19(13-26(21)3)22(28)25-30(29,14-27)20-12-8-7-11-18(20)23/h4-13H,1-3H3,(H,25,28,29)/b16-4+. The molecule has 0 fully saturated rings. The van der Waals surface area contributed by atoms with E-state index in [-0.39, 0.29) is 15.6 Å². The molecule has 1 N–H and O–H groups in total. The van der Waals surface area contributed by atoms with Gasteiger partial charge in [-0.2, -0.15) is 0 Å². The monoisotopic (exact) mass is 441 g/mol. The zero-order valence-electron chi connectivity index (χ0n) is 16.7. The van der Waals surface area contributed by atoms with E-state index < -0.39 is 15.6 Å². The van der Waals surface area contributed by atoms with E-state index in [0.29, 0.717) is 5.82 Å². The van der Waals surface area contributed by atoms with E-state index in [4.69, 9.17) is 11.6 Å². The van der Waals surface area contributed by atoms with Gasteiger partial charge in [-0.25, -0.2) is 14.0 Å². The summed E-state index contributed by atoms with van der Waals surface area (Å²) < 4.78 is 17.0. The van der Waals surface area contributed by atoms with Crippen LogP contribution in [0, 0.1) is 6.92 Å². The molecule has 1 amide bonds. The zero-order chi connectivity index (χ0) is 21.9. The molecule has 0 saturated carbocycles. The van der Waals surface area contributed by atoms with Crippen LogP contribution in [0.4, 0.5) is 0 Å². The van der Waals surface area contributed by atoms with E-state index >= 15 is 0 Å². The molecule has 0 spiro atoms. The van der Waals surface area contributed by atoms with Gasteiger partial charge in [0.1, 0.15) is 11.5 Å². The summed E-state index contributed by atoms with van der Waals surface area (Å²) in [6, 6.07) is 14.0. The Hall–Kier alpha value is -3.12. The van der Waals surface area contributed by atoms with Gasteiger partial charge >= 0.3 is 0 Å². The number of benzene rings is 2. The van der Waals surface area contributed by atoms with Crippen molar-refractivity contribution in [2.24, 2.45) is 7.05 Å². The Labute approximate surface area is 180 Å². The maximum atomic E-state index is 13.0. The second-order valence-corrected chi connectivity index (χ2v) is 8.91. The minimum absolute atomic E-state index is 0.000208. The third kappa shape index (κ3) is 4.09. The molecule has 2 aromatic carbocycles. The fraction of sp³-hybridized carbons (Fsp3) is 0.136. The number of halogens is 1. The molecule has 0 radical (unpaired) electrons. The summed E-state index contributed by atoms with van der Waals surface area (Å²) in [5.74, 6) is -0.193. The summed E-state index contributed by atoms with van der Waals surface area (Å²) in [7, 11) is -1.91. The lowest BCUT2D eigenvalue weighted by Gasteiger charge is -2.10. The van der Waals surface area contributed by atoms with Crippen molar-refractivity contribution in [2.45, 2.75) is 18.7 Å². The van der Waals surface area contributed by atoms with Crippen LogP contribution in [0.5, 0.6) is 0 Å². The van der Waals surface area contributed by atoms with Crippen molar-refractivity contribution >= 4 is 38.0 Å². The third-order valence-corrected chi connectivity index (χ3v) is 6.70. The highest BCUT2D eigenvalue weighted by molar-refractivity contribution is 7.99. The van der Waals surface area contributed by atoms with E-state index in [0.717, 1.165) is 16.7 Å². The Morgan fingerprint density at radius 1 is 1.20 bits per heavy atom. The fourth-order valence-corrected chi connectivity index (χ4v) is 4.77. The first-order valence-electron chi connectivity index (χ1n) is 9.06. The van der Waals surface area contributed by atoms with Crippen LogP contribution in [0.25, 0.3) is 5.57 Å². The molecule has 1 aromatic heterocycles. The summed E-state index contributed by atoms with van der Waals surface area (Å²) in [5.41, 5.74) is 2.93. The van der Waals surface area contributed by atoms with Gasteiger partial charge in [0.05, 0.1) is 9.92 Å². The van der Waals surface area contributed by atoms with Crippen LogP contribution in [-0.4, -0.2) is 24.9 Å². The molecule has 0 aliphatic heterocycles. The topological polar surface area (TPSA) is 81.1 Å². The van der Waals surface area contributed by atoms with Crippen LogP contribution in [0.3, 0.4) is 0 Å². The van der Waals surface area contributed by atoms with Crippen LogP contribution in [0.1, 0.15) is 34.4 Å². The molecule has 0 aliphatic rings. The molecular weight excluding hydrogens is 422 g/mol. The Balaban J connectivity index is 1.98. The lowest BCUT2D eigenvalue weighted by Crippen LogP contribution is -2.31. The normalized spacial score (nSPS) is 13.4. The van der Waals surface area contributed by atoms with Gasteiger partial charge < -0.3 is 4.57 Å². The SMILES string of the molecule is C/C=C(\c1ccccc1C)c1nc(C(=O)NS(=O)(=C=O)c2ccccc2Cl)cn1C. The summed E-state index contributed by atoms with van der Waals surface area (Å²) in [6.45, 7) is 3.88. The molecule has 1 atom stereocenters. The number of nitrogens with zero attached hydrogens (tertiary/aromatic N) is 2. The predicted molar refractivity (Wildman–Crippen MR) is 118 cm³/mol. The number of allylic oxidation sites excluding steroid dienone is 1. The highest BCUT2D eigenvalue weighted by Crippen LogP contribution is 2.26. The van der Waals surface area contributed by atoms with Crippen LogP contribution in [0.2, 0.25) is 5.02 Å². The number of aryl methyl sites for hydroxylation is 2. The predicted octanol–water partition coefficient (Wildman–Crippen LogP) is 3.89. The number of hydrogen-bond acceptors (Lipinski definition) is 4. The third-order valence-electron chi connectivity index (χ3n) is 4.57. The summed E-state index contributed by atoms with van der Waals surface area (Å²) in [5, 5.41) is 1.54. The lowest BCUT2D eigenvalue weighted by atomic mass is 10.00. The second-order valence-electron chi connectivity index (χ2n) is 6.58. The van der Waals surface area contributed by atoms with Gasteiger partial charge in [0.25, 0.3) is 5.91 Å². The first-order valence-corrected chi connectivity index (χ1v) is 11.0. The maximum Gasteiger partial charge on any atom is 0.283 e. The molecule has 0 bridgehead atoms. The molecule has 3 rings (SSSR count). The number of nitrogens with one attached hydrogen (secondary N) is 1. The second kappa shape index (κ2) is 8.71. The van der Waals surface area contributed by atoms with Gasteiger partial charge in [-0.1, -0.05) is 54.1 Å². The van der Waals surface area contributed by atoms with Gasteiger partial charge in [-0.05, 0) is 37.1 Å². The number of imidazole rings is 1. The molecule has 154 valence electrons. The maximum absolute atomic E-state index is 13.0. The molecule has 6 nitrogen and oxygen atoms in total. The van der Waals surface area contributed by atoms with Gasteiger partial charge in [-0.3, -0.25) is 9.52 Å². The van der Waals surface area contributed by atoms with Gasteiger partial charge in [0, 0.05) is 18.8 Å². The smallest absolute Gasteiger partial charge is 0.283 e. The van der Waals surface area contributed by atoms with Crippen LogP contribution in [0.15, 0.2) is 65.7 Å². The Kier molecular flexibility index (Phi) is 6.27. The minimum atomic E-state index is -3.67. The van der Waals surface area contributed by atoms with E-state index in [2.05, 4.69) is 9.71 Å². The Morgan fingerprint density at radius 3 is 2.50 bits per heavy atom. The number of amides is 1. The van der Waals surface area contributed by atoms with Gasteiger partial charge in [-0.15, -0.1) is 0 Å². The number of hydrogen-bond donors (Lipinski definition) is 1. The largest absolute Gasteiger partial charge is 0.333 e. The molecular formula is C22H20ClN3O3S. The molecule has 1 heterocycles. The Bertz CT molecular complexity index is 1300. The molecule has 0 aliphatic carbocycles. The highest BCUT2D eigenvalue weighted by atomic mass is 35.5. The van der Waals surface area contributed by atoms with Crippen molar-refractivity contribution in [3.8, 4) is 0 Å². The zero-order valence-corrected chi connectivity index (χ0v) is 18.3. The fourth-order valence-electron chi connectivity index (χ4n) is 3.09. The minimum Gasteiger partial charge on any atom is -0.333 e. The van der Waals surface area contributed by atoms with Crippen molar-refractivity contribution in [3.63, 3.8) is 0 Å². The summed E-state index contributed by atoms with van der Waals surface area (Å²) >= 11 is 6.05. The molecule has 3 aromatic rings. The summed E-state index contributed by atoms with van der Waals surface area (Å²) in [4.78, 5) is 28.7. The van der Waals surface area contributed by atoms with Crippen molar-refractivity contribution in [2.75, 3.05) is 0 Å². The number of rotatable bonds is 5. The first kappa shape index (κ1) is 21.6. The highest BCUT2D eigenvalue weighted by Gasteiger charge is 2.23. The van der Waals surface area contributed by atoms with Gasteiger partial charge in [0.2, 0.25) is 5.23 Å². The molecule has 30 heavy (non-hydrogen) atoms. The number of aromatic nitrogens is 2. The molecule has 0 saturated heterocycles. The van der Waals surface area contributed by atoms with Crippen molar-refractivity contribution in [1.29, 1.82) is 0 Å². The van der Waals surface area contributed by atoms with Crippen molar-refractivity contribution in [1.82, 2.24) is 14.3 Å². The van der Waals surface area contributed by atoms with E-state index in [1.807, 2.05) is 44.2 Å². The van der Waals surface area contributed by atoms with Crippen LogP contribution in [-0.2, 0) is 21.5 Å². The lowest BCUT2D eigenvalue weighted by molar-refractivity contribution is 0.0978. The average Bonchev–Trinajstić information content (AvgIpc) is 3.12. The van der Waals surface area contributed by atoms with Gasteiger partial charge in [0.15, 0.2) is 9.71 Å². The summed E-state index contributed by atoms with van der Waals surface area (Å²) in [6.07, 6.45) is 3.43. The molecule has 8 heteroatoms. The van der Waals surface area contributed by atoms with Crippen molar-refractivity contribution < 1.29 is 13.8 Å². The Morgan fingerprint density at radius 2 is 1.87 bits per heavy atom. The van der Waals surface area contributed by atoms with Crippen LogP contribution >= 0.6 is 11.6 Å². The average molecular weight is 442 g/mol. The number of carbonyl (C=O) groups excluding carboxylic acids is 2. The van der Waals surface area contributed by atoms with E-state index in [9.17, 15) is 13.8 Å². The van der Waals surface area contributed by atoms with Crippen molar-refractivity contribution in [3.05, 3.63) is 88.5 Å². The first-order chi connectivity index (χ1) is 14.3. The molecule has 1 unspecified atom stereocenters.